The number of hydrogen-bond donors (Lipinski definition) is 2. The van der Waals surface area contributed by atoms with Crippen LogP contribution < -0.4 is 10.2 Å². The summed E-state index contributed by atoms with van der Waals surface area (Å²) in [5.41, 5.74) is 8.08. The Labute approximate surface area is 284 Å². The average molecular weight is 655 g/mol. The van der Waals surface area contributed by atoms with Crippen LogP contribution in [0, 0.1) is 5.41 Å². The van der Waals surface area contributed by atoms with Gasteiger partial charge in [0, 0.05) is 54.4 Å². The Morgan fingerprint density at radius 3 is 2.56 bits per heavy atom. The maximum atomic E-state index is 12.5. The predicted molar refractivity (Wildman–Crippen MR) is 190 cm³/mol. The van der Waals surface area contributed by atoms with Crippen molar-refractivity contribution in [3.8, 4) is 11.3 Å². The number of hydrogen-bond acceptors (Lipinski definition) is 6. The van der Waals surface area contributed by atoms with Gasteiger partial charge in [-0.3, -0.25) is 4.98 Å². The molecular formula is C39H50N4O5. The molecule has 1 fully saturated rings. The fraction of sp³-hybridized carbons (Fsp3) is 0.462. The number of anilines is 1. The number of alkyl carbamates (subject to hydrolysis) is 1. The first kappa shape index (κ1) is 35.0. The van der Waals surface area contributed by atoms with Crippen molar-refractivity contribution >= 4 is 28.7 Å². The maximum Gasteiger partial charge on any atom is 0.408 e. The molecule has 1 saturated heterocycles. The van der Waals surface area contributed by atoms with Crippen LogP contribution in [0.25, 0.3) is 22.2 Å². The third-order valence-electron chi connectivity index (χ3n) is 9.53. The molecule has 0 bridgehead atoms. The number of carboxylic acid groups (broad SMARTS) is 1. The first-order chi connectivity index (χ1) is 23.0. The highest BCUT2D eigenvalue weighted by Gasteiger charge is 2.31. The zero-order chi connectivity index (χ0) is 34.4. The monoisotopic (exact) mass is 654 g/mol. The van der Waals surface area contributed by atoms with Crippen molar-refractivity contribution in [1.82, 2.24) is 14.9 Å². The Bertz CT molecular complexity index is 1710. The Kier molecular flexibility index (Phi) is 11.1. The number of nitrogens with zero attached hydrogens (tertiary/aromatic N) is 3. The van der Waals surface area contributed by atoms with Crippen molar-refractivity contribution in [1.29, 1.82) is 0 Å². The molecule has 0 aliphatic carbocycles. The summed E-state index contributed by atoms with van der Waals surface area (Å²) in [6.45, 7) is 16.1. The largest absolute Gasteiger partial charge is 0.480 e. The van der Waals surface area contributed by atoms with Crippen molar-refractivity contribution in [3.63, 3.8) is 0 Å². The lowest BCUT2D eigenvalue weighted by Gasteiger charge is -2.35. The van der Waals surface area contributed by atoms with Crippen LogP contribution in [-0.2, 0) is 33.8 Å². The third kappa shape index (κ3) is 8.01. The second kappa shape index (κ2) is 15.2. The maximum absolute atomic E-state index is 12.5. The minimum Gasteiger partial charge on any atom is -0.480 e. The SMILES string of the molecule is CCn1c(-c2cccnc2C(C)C)c(CC(C)(C)CC)c2cc(N3CCO[C@@H](C[C@H](NC(=O)OCc4ccccc4)C(=O)O)C3)ccc21. The minimum atomic E-state index is -1.14. The molecule has 1 aliphatic rings. The number of aliphatic carboxylic acids is 1. The summed E-state index contributed by atoms with van der Waals surface area (Å²) in [4.78, 5) is 31.7. The quantitative estimate of drug-likeness (QED) is 0.152. The van der Waals surface area contributed by atoms with Gasteiger partial charge in [-0.25, -0.2) is 9.59 Å². The van der Waals surface area contributed by atoms with E-state index in [0.717, 1.165) is 36.3 Å². The van der Waals surface area contributed by atoms with Crippen molar-refractivity contribution in [3.05, 3.63) is 83.7 Å². The zero-order valence-corrected chi connectivity index (χ0v) is 29.2. The second-order valence-corrected chi connectivity index (χ2v) is 13.8. The molecule has 2 aromatic carbocycles. The Morgan fingerprint density at radius 1 is 1.10 bits per heavy atom. The first-order valence-corrected chi connectivity index (χ1v) is 17.2. The van der Waals surface area contributed by atoms with Gasteiger partial charge in [-0.2, -0.15) is 0 Å². The molecular weight excluding hydrogens is 604 g/mol. The molecule has 48 heavy (non-hydrogen) atoms. The molecule has 2 aromatic heterocycles. The van der Waals surface area contributed by atoms with Gasteiger partial charge in [-0.1, -0.05) is 71.4 Å². The summed E-state index contributed by atoms with van der Waals surface area (Å²) in [7, 11) is 0. The molecule has 2 N–H and O–H groups in total. The molecule has 9 heteroatoms. The molecule has 5 rings (SSSR count). The first-order valence-electron chi connectivity index (χ1n) is 17.2. The smallest absolute Gasteiger partial charge is 0.408 e. The summed E-state index contributed by atoms with van der Waals surface area (Å²) in [6.07, 6.45) is 2.84. The molecule has 3 heterocycles. The number of amides is 1. The zero-order valence-electron chi connectivity index (χ0n) is 29.2. The van der Waals surface area contributed by atoms with Crippen LogP contribution in [0.1, 0.15) is 77.1 Å². The van der Waals surface area contributed by atoms with Crippen LogP contribution in [0.4, 0.5) is 10.5 Å². The fourth-order valence-corrected chi connectivity index (χ4v) is 6.59. The van der Waals surface area contributed by atoms with Gasteiger partial charge >= 0.3 is 12.1 Å². The number of benzene rings is 2. The minimum absolute atomic E-state index is 0.0632. The van der Waals surface area contributed by atoms with Gasteiger partial charge in [0.25, 0.3) is 0 Å². The molecule has 9 nitrogen and oxygen atoms in total. The lowest BCUT2D eigenvalue weighted by molar-refractivity contribution is -0.140. The molecule has 1 amide bonds. The Morgan fingerprint density at radius 2 is 1.88 bits per heavy atom. The van der Waals surface area contributed by atoms with Gasteiger partial charge in [0.05, 0.1) is 24.1 Å². The number of carbonyl (C=O) groups is 2. The number of carbonyl (C=O) groups excluding carboxylic acids is 1. The van der Waals surface area contributed by atoms with Crippen LogP contribution in [0.15, 0.2) is 66.9 Å². The van der Waals surface area contributed by atoms with E-state index >= 15 is 0 Å². The van der Waals surface area contributed by atoms with Crippen LogP contribution in [0.3, 0.4) is 0 Å². The number of aryl methyl sites for hydroxylation is 1. The highest BCUT2D eigenvalue weighted by molar-refractivity contribution is 5.94. The average Bonchev–Trinajstić information content (AvgIpc) is 3.39. The Hall–Kier alpha value is -4.37. The lowest BCUT2D eigenvalue weighted by Crippen LogP contribution is -2.49. The summed E-state index contributed by atoms with van der Waals surface area (Å²) < 4.78 is 13.8. The van der Waals surface area contributed by atoms with E-state index in [1.807, 2.05) is 42.6 Å². The number of aromatic nitrogens is 2. The van der Waals surface area contributed by atoms with Gasteiger partial charge < -0.3 is 29.4 Å². The van der Waals surface area contributed by atoms with E-state index in [4.69, 9.17) is 14.5 Å². The predicted octanol–water partition coefficient (Wildman–Crippen LogP) is 7.80. The van der Waals surface area contributed by atoms with E-state index in [1.54, 1.807) is 0 Å². The highest BCUT2D eigenvalue weighted by atomic mass is 16.5. The van der Waals surface area contributed by atoms with E-state index in [0.29, 0.717) is 19.7 Å². The number of ether oxygens (including phenoxy) is 2. The molecule has 256 valence electrons. The van der Waals surface area contributed by atoms with E-state index in [9.17, 15) is 14.7 Å². The van der Waals surface area contributed by atoms with Crippen LogP contribution in [0.2, 0.25) is 0 Å². The van der Waals surface area contributed by atoms with Gasteiger partial charge in [0.2, 0.25) is 0 Å². The van der Waals surface area contributed by atoms with Gasteiger partial charge in [0.15, 0.2) is 0 Å². The molecule has 0 spiro atoms. The summed E-state index contributed by atoms with van der Waals surface area (Å²) in [6, 6.07) is 19.1. The van der Waals surface area contributed by atoms with Crippen molar-refractivity contribution in [2.75, 3.05) is 24.6 Å². The number of nitrogens with one attached hydrogen (secondary N) is 1. The van der Waals surface area contributed by atoms with E-state index in [1.165, 1.54) is 27.7 Å². The standard InChI is InChI=1S/C39H50N4O5/c1-7-39(5,6)23-32-31-21-28(16-17-34(31)43(8-2)36(32)30-15-12-18-40-35(30)26(3)4)42-19-20-47-29(24-42)22-33(37(44)45)41-38(46)48-25-27-13-10-9-11-14-27/h9-18,21,26,29,33H,7-8,19-20,22-25H2,1-6H3,(H,41,46)(H,44,45)/t29-,33-/m0/s1. The summed E-state index contributed by atoms with van der Waals surface area (Å²) in [5, 5.41) is 13.7. The number of rotatable bonds is 13. The summed E-state index contributed by atoms with van der Waals surface area (Å²) >= 11 is 0. The van der Waals surface area contributed by atoms with E-state index < -0.39 is 18.1 Å². The molecule has 1 aliphatic heterocycles. The van der Waals surface area contributed by atoms with Gasteiger partial charge in [-0.15, -0.1) is 0 Å². The molecule has 2 atom stereocenters. The third-order valence-corrected chi connectivity index (χ3v) is 9.53. The van der Waals surface area contributed by atoms with Crippen molar-refractivity contribution in [2.45, 2.75) is 92.0 Å². The number of carboxylic acids is 1. The summed E-state index contributed by atoms with van der Waals surface area (Å²) in [5.74, 6) is -0.839. The van der Waals surface area contributed by atoms with Crippen molar-refractivity contribution in [2.24, 2.45) is 5.41 Å². The molecule has 0 saturated carbocycles. The van der Waals surface area contributed by atoms with Crippen LogP contribution in [0.5, 0.6) is 0 Å². The number of fused-ring (bicyclic) bond motifs is 1. The second-order valence-electron chi connectivity index (χ2n) is 13.8. The highest BCUT2D eigenvalue weighted by Crippen LogP contribution is 2.42. The van der Waals surface area contributed by atoms with Gasteiger partial charge in [0.1, 0.15) is 12.6 Å². The number of morpholine rings is 1. The van der Waals surface area contributed by atoms with Crippen molar-refractivity contribution < 1.29 is 24.2 Å². The normalized spacial score (nSPS) is 15.9. The number of pyridine rings is 1. The Balaban J connectivity index is 1.41. The molecule has 0 radical (unpaired) electrons. The topological polar surface area (TPSA) is 106 Å². The van der Waals surface area contributed by atoms with E-state index in [-0.39, 0.29) is 30.5 Å². The van der Waals surface area contributed by atoms with Crippen LogP contribution in [-0.4, -0.2) is 58.6 Å². The van der Waals surface area contributed by atoms with Crippen LogP contribution >= 0.6 is 0 Å². The van der Waals surface area contributed by atoms with E-state index in [2.05, 4.69) is 80.6 Å². The lowest BCUT2D eigenvalue weighted by atomic mass is 9.81. The molecule has 4 aromatic rings. The fourth-order valence-electron chi connectivity index (χ4n) is 6.59. The van der Waals surface area contributed by atoms with Gasteiger partial charge in [-0.05, 0) is 66.1 Å². The molecule has 0 unspecified atom stereocenters.